The van der Waals surface area contributed by atoms with Crippen molar-refractivity contribution in [2.45, 2.75) is 39.2 Å². The third kappa shape index (κ3) is 2.58. The Bertz CT molecular complexity index is 608. The van der Waals surface area contributed by atoms with E-state index >= 15 is 0 Å². The van der Waals surface area contributed by atoms with Gasteiger partial charge in [0.15, 0.2) is 0 Å². The summed E-state index contributed by atoms with van der Waals surface area (Å²) in [6.45, 7) is 5.05. The van der Waals surface area contributed by atoms with Gasteiger partial charge in [0.2, 0.25) is 5.91 Å². The van der Waals surface area contributed by atoms with Gasteiger partial charge in [-0.3, -0.25) is 4.79 Å². The topological polar surface area (TPSA) is 25.2 Å². The molecule has 106 valence electrons. The van der Waals surface area contributed by atoms with E-state index in [0.29, 0.717) is 12.3 Å². The Balaban J connectivity index is 1.69. The molecule has 1 saturated heterocycles. The number of fused-ring (bicyclic) bond motifs is 1. The van der Waals surface area contributed by atoms with Crippen molar-refractivity contribution in [3.63, 3.8) is 0 Å². The molecule has 0 radical (unpaired) electrons. The fourth-order valence-corrected chi connectivity index (χ4v) is 3.04. The van der Waals surface area contributed by atoms with Crippen LogP contribution in [-0.4, -0.2) is 28.5 Å². The quantitative estimate of drug-likeness (QED) is 0.837. The molecular formula is C17H22N2O. The molecule has 1 aromatic carbocycles. The minimum atomic E-state index is 0.313. The van der Waals surface area contributed by atoms with Crippen molar-refractivity contribution in [1.29, 1.82) is 0 Å². The predicted octanol–water partition coefficient (Wildman–Crippen LogP) is 3.22. The zero-order valence-corrected chi connectivity index (χ0v) is 12.1. The first-order valence-electron chi connectivity index (χ1n) is 7.63. The summed E-state index contributed by atoms with van der Waals surface area (Å²) >= 11 is 0. The van der Waals surface area contributed by atoms with Gasteiger partial charge in [-0.05, 0) is 49.3 Å². The van der Waals surface area contributed by atoms with Gasteiger partial charge < -0.3 is 9.47 Å². The van der Waals surface area contributed by atoms with Gasteiger partial charge in [0.25, 0.3) is 0 Å². The molecule has 3 heteroatoms. The lowest BCUT2D eigenvalue weighted by Gasteiger charge is -2.15. The maximum absolute atomic E-state index is 12.1. The van der Waals surface area contributed by atoms with Crippen LogP contribution in [0.1, 0.15) is 31.7 Å². The van der Waals surface area contributed by atoms with Crippen molar-refractivity contribution in [3.05, 3.63) is 36.0 Å². The number of nitrogens with zero attached hydrogens (tertiary/aromatic N) is 2. The summed E-state index contributed by atoms with van der Waals surface area (Å²) < 4.78 is 2.25. The maximum atomic E-state index is 12.1. The standard InChI is InChI=1S/C17H22N2O/c1-2-18-12-9-15-7-5-14(13-16(15)18)6-8-17(20)19-10-3-4-11-19/h5,7,9,12-13H,2-4,6,8,10-11H2,1H3. The third-order valence-electron chi connectivity index (χ3n) is 4.27. The van der Waals surface area contributed by atoms with Crippen molar-refractivity contribution in [2.75, 3.05) is 13.1 Å². The number of likely N-dealkylation sites (tertiary alicyclic amines) is 1. The second kappa shape index (κ2) is 5.70. The first kappa shape index (κ1) is 13.2. The number of hydrogen-bond donors (Lipinski definition) is 0. The van der Waals surface area contributed by atoms with E-state index < -0.39 is 0 Å². The summed E-state index contributed by atoms with van der Waals surface area (Å²) in [6.07, 6.45) is 5.95. The molecule has 0 aliphatic carbocycles. The van der Waals surface area contributed by atoms with E-state index in [2.05, 4.69) is 42.0 Å². The normalized spacial score (nSPS) is 15.2. The van der Waals surface area contributed by atoms with E-state index in [4.69, 9.17) is 0 Å². The van der Waals surface area contributed by atoms with E-state index in [1.54, 1.807) is 0 Å². The van der Waals surface area contributed by atoms with E-state index in [9.17, 15) is 4.79 Å². The average Bonchev–Trinajstić information content (AvgIpc) is 3.13. The zero-order chi connectivity index (χ0) is 13.9. The Hall–Kier alpha value is -1.77. The molecule has 1 aliphatic rings. The highest BCUT2D eigenvalue weighted by molar-refractivity contribution is 5.81. The molecule has 0 N–H and O–H groups in total. The van der Waals surface area contributed by atoms with Gasteiger partial charge >= 0.3 is 0 Å². The van der Waals surface area contributed by atoms with Crippen molar-refractivity contribution in [2.24, 2.45) is 0 Å². The minimum Gasteiger partial charge on any atom is -0.348 e. The van der Waals surface area contributed by atoms with Crippen molar-refractivity contribution >= 4 is 16.8 Å². The zero-order valence-electron chi connectivity index (χ0n) is 12.1. The average molecular weight is 270 g/mol. The molecule has 0 atom stereocenters. The third-order valence-corrected chi connectivity index (χ3v) is 4.27. The fourth-order valence-electron chi connectivity index (χ4n) is 3.04. The molecule has 20 heavy (non-hydrogen) atoms. The second-order valence-corrected chi connectivity index (χ2v) is 5.58. The summed E-state index contributed by atoms with van der Waals surface area (Å²) in [6, 6.07) is 8.70. The smallest absolute Gasteiger partial charge is 0.222 e. The summed E-state index contributed by atoms with van der Waals surface area (Å²) in [7, 11) is 0. The molecule has 0 bridgehead atoms. The monoisotopic (exact) mass is 270 g/mol. The number of benzene rings is 1. The molecule has 0 spiro atoms. The Morgan fingerprint density at radius 1 is 1.20 bits per heavy atom. The first-order valence-corrected chi connectivity index (χ1v) is 7.63. The Kier molecular flexibility index (Phi) is 3.77. The lowest BCUT2D eigenvalue weighted by atomic mass is 10.1. The molecule has 0 saturated carbocycles. The van der Waals surface area contributed by atoms with Crippen LogP contribution in [0.5, 0.6) is 0 Å². The first-order chi connectivity index (χ1) is 9.78. The van der Waals surface area contributed by atoms with Gasteiger partial charge in [0.05, 0.1) is 0 Å². The molecule has 1 amide bonds. The van der Waals surface area contributed by atoms with E-state index in [0.717, 1.165) is 26.1 Å². The molecule has 2 heterocycles. The van der Waals surface area contributed by atoms with Crippen LogP contribution in [0.15, 0.2) is 30.5 Å². The number of carbonyl (C=O) groups is 1. The molecule has 3 nitrogen and oxygen atoms in total. The summed E-state index contributed by atoms with van der Waals surface area (Å²) in [5.74, 6) is 0.313. The van der Waals surface area contributed by atoms with Crippen LogP contribution in [0.3, 0.4) is 0 Å². The number of aromatic nitrogens is 1. The number of carbonyl (C=O) groups excluding carboxylic acids is 1. The number of amides is 1. The van der Waals surface area contributed by atoms with Crippen molar-refractivity contribution in [1.82, 2.24) is 9.47 Å². The number of rotatable bonds is 4. The van der Waals surface area contributed by atoms with Crippen LogP contribution >= 0.6 is 0 Å². The van der Waals surface area contributed by atoms with Gasteiger partial charge in [0.1, 0.15) is 0 Å². The SMILES string of the molecule is CCn1ccc2ccc(CCC(=O)N3CCCC3)cc21. The largest absolute Gasteiger partial charge is 0.348 e. The minimum absolute atomic E-state index is 0.313. The Morgan fingerprint density at radius 3 is 2.75 bits per heavy atom. The number of aryl methyl sites for hydroxylation is 2. The Morgan fingerprint density at radius 2 is 2.00 bits per heavy atom. The summed E-state index contributed by atoms with van der Waals surface area (Å²) in [5, 5.41) is 1.28. The van der Waals surface area contributed by atoms with Crippen LogP contribution in [0.4, 0.5) is 0 Å². The van der Waals surface area contributed by atoms with Gasteiger partial charge in [-0.25, -0.2) is 0 Å². The Labute approximate surface area is 120 Å². The van der Waals surface area contributed by atoms with Crippen molar-refractivity contribution in [3.8, 4) is 0 Å². The van der Waals surface area contributed by atoms with Gasteiger partial charge in [-0.15, -0.1) is 0 Å². The molecule has 1 aromatic heterocycles. The molecular weight excluding hydrogens is 248 g/mol. The number of hydrogen-bond acceptors (Lipinski definition) is 1. The highest BCUT2D eigenvalue weighted by atomic mass is 16.2. The lowest BCUT2D eigenvalue weighted by molar-refractivity contribution is -0.130. The predicted molar refractivity (Wildman–Crippen MR) is 81.7 cm³/mol. The molecule has 1 aliphatic heterocycles. The molecule has 3 rings (SSSR count). The second-order valence-electron chi connectivity index (χ2n) is 5.58. The highest BCUT2D eigenvalue weighted by Gasteiger charge is 2.17. The van der Waals surface area contributed by atoms with Crippen LogP contribution < -0.4 is 0 Å². The summed E-state index contributed by atoms with van der Waals surface area (Å²) in [4.78, 5) is 14.1. The lowest BCUT2D eigenvalue weighted by Crippen LogP contribution is -2.27. The fraction of sp³-hybridized carbons (Fsp3) is 0.471. The van der Waals surface area contributed by atoms with Gasteiger partial charge in [-0.2, -0.15) is 0 Å². The molecule has 0 unspecified atom stereocenters. The van der Waals surface area contributed by atoms with Crippen LogP contribution in [-0.2, 0) is 17.8 Å². The summed E-state index contributed by atoms with van der Waals surface area (Å²) in [5.41, 5.74) is 2.54. The van der Waals surface area contributed by atoms with Crippen molar-refractivity contribution < 1.29 is 4.79 Å². The van der Waals surface area contributed by atoms with Gasteiger partial charge in [-0.1, -0.05) is 12.1 Å². The van der Waals surface area contributed by atoms with Crippen LogP contribution in [0.25, 0.3) is 10.9 Å². The maximum Gasteiger partial charge on any atom is 0.222 e. The molecule has 2 aromatic rings. The van der Waals surface area contributed by atoms with Gasteiger partial charge in [0, 0.05) is 37.8 Å². The van der Waals surface area contributed by atoms with E-state index in [1.807, 2.05) is 4.90 Å². The van der Waals surface area contributed by atoms with E-state index in [-0.39, 0.29) is 0 Å². The van der Waals surface area contributed by atoms with Crippen LogP contribution in [0, 0.1) is 0 Å². The highest BCUT2D eigenvalue weighted by Crippen LogP contribution is 2.19. The van der Waals surface area contributed by atoms with Crippen LogP contribution in [0.2, 0.25) is 0 Å². The molecule has 1 fully saturated rings. The van der Waals surface area contributed by atoms with E-state index in [1.165, 1.54) is 29.3 Å².